The van der Waals surface area contributed by atoms with Gasteiger partial charge in [-0.25, -0.2) is 0 Å². The zero-order valence-electron chi connectivity index (χ0n) is 27.1. The second kappa shape index (κ2) is 11.6. The Kier molecular flexibility index (Phi) is 6.82. The second-order valence-electron chi connectivity index (χ2n) is 12.8. The van der Waals surface area contributed by atoms with Gasteiger partial charge in [0.25, 0.3) is 0 Å². The van der Waals surface area contributed by atoms with Crippen LogP contribution in [-0.4, -0.2) is 0 Å². The molecule has 0 aliphatic heterocycles. The molecule has 0 aliphatic carbocycles. The van der Waals surface area contributed by atoms with E-state index in [-0.39, 0.29) is 0 Å². The number of benzene rings is 9. The van der Waals surface area contributed by atoms with Gasteiger partial charge in [-0.1, -0.05) is 158 Å². The molecule has 1 heteroatoms. The first kappa shape index (κ1) is 28.7. The summed E-state index contributed by atoms with van der Waals surface area (Å²) in [4.78, 5) is 0. The molecule has 0 saturated heterocycles. The Morgan fingerprint density at radius 3 is 1.10 bits per heavy atom. The van der Waals surface area contributed by atoms with Crippen LogP contribution < -0.4 is 0 Å². The highest BCUT2D eigenvalue weighted by Gasteiger charge is 2.20. The summed E-state index contributed by atoms with van der Waals surface area (Å²) >= 11 is 0. The maximum atomic E-state index is 9.43. The molecule has 49 heavy (non-hydrogen) atoms. The summed E-state index contributed by atoms with van der Waals surface area (Å²) in [7, 11) is 0. The molecule has 1 nitrogen and oxygen atoms in total. The number of hydrogen-bond donors (Lipinski definition) is 0. The predicted molar refractivity (Wildman–Crippen MR) is 208 cm³/mol. The van der Waals surface area contributed by atoms with E-state index in [9.17, 15) is 5.26 Å². The standard InChI is InChI=1S/C48H31N/c1-31-29-35(47-39-17-7-5-15-37(39)46(38-16-6-8-18-40(38)47)34-25-23-32(30-49)24-26-34)27-28-36(31)48-43-21-11-9-19-41(43)45(33-13-3-2-4-14-33)42-20-10-12-22-44(42)48/h2-29H,1H3. The Hall–Kier alpha value is -6.49. The zero-order valence-corrected chi connectivity index (χ0v) is 27.1. The Bertz CT molecular complexity index is 2650. The van der Waals surface area contributed by atoms with Crippen LogP contribution in [-0.2, 0) is 0 Å². The fraction of sp³-hybridized carbons (Fsp3) is 0.0208. The van der Waals surface area contributed by atoms with Crippen molar-refractivity contribution in [1.82, 2.24) is 0 Å². The van der Waals surface area contributed by atoms with Gasteiger partial charge in [-0.3, -0.25) is 0 Å². The topological polar surface area (TPSA) is 23.8 Å². The summed E-state index contributed by atoms with van der Waals surface area (Å²) < 4.78 is 0. The summed E-state index contributed by atoms with van der Waals surface area (Å²) in [5, 5.41) is 19.3. The van der Waals surface area contributed by atoms with Gasteiger partial charge in [0.15, 0.2) is 0 Å². The van der Waals surface area contributed by atoms with Gasteiger partial charge in [-0.2, -0.15) is 5.26 Å². The van der Waals surface area contributed by atoms with Crippen molar-refractivity contribution in [2.24, 2.45) is 0 Å². The zero-order chi connectivity index (χ0) is 32.9. The van der Waals surface area contributed by atoms with Crippen molar-refractivity contribution < 1.29 is 0 Å². The van der Waals surface area contributed by atoms with E-state index in [1.54, 1.807) is 0 Å². The third kappa shape index (κ3) is 4.61. The highest BCUT2D eigenvalue weighted by molar-refractivity contribution is 6.23. The van der Waals surface area contributed by atoms with Crippen LogP contribution in [0.15, 0.2) is 170 Å². The number of aryl methyl sites for hydroxylation is 1. The van der Waals surface area contributed by atoms with Crippen molar-refractivity contribution in [3.8, 4) is 50.6 Å². The van der Waals surface area contributed by atoms with E-state index in [1.807, 2.05) is 12.1 Å². The van der Waals surface area contributed by atoms with Crippen LogP contribution in [0.1, 0.15) is 11.1 Å². The molecule has 0 heterocycles. The summed E-state index contributed by atoms with van der Waals surface area (Å²) in [6, 6.07) is 63.2. The van der Waals surface area contributed by atoms with E-state index in [0.717, 1.165) is 5.56 Å². The fourth-order valence-electron chi connectivity index (χ4n) is 7.90. The van der Waals surface area contributed by atoms with Gasteiger partial charge in [-0.15, -0.1) is 0 Å². The minimum Gasteiger partial charge on any atom is -0.192 e. The summed E-state index contributed by atoms with van der Waals surface area (Å²) in [5.74, 6) is 0. The third-order valence-corrected chi connectivity index (χ3v) is 10.0. The molecule has 0 radical (unpaired) electrons. The lowest BCUT2D eigenvalue weighted by Gasteiger charge is -2.20. The summed E-state index contributed by atoms with van der Waals surface area (Å²) in [6.07, 6.45) is 0. The van der Waals surface area contributed by atoms with E-state index in [1.165, 1.54) is 87.6 Å². The lowest BCUT2D eigenvalue weighted by Crippen LogP contribution is -1.94. The van der Waals surface area contributed by atoms with Crippen molar-refractivity contribution >= 4 is 43.1 Å². The predicted octanol–water partition coefficient (Wildman–Crippen LogP) is 13.1. The average Bonchev–Trinajstić information content (AvgIpc) is 3.16. The number of nitriles is 1. The van der Waals surface area contributed by atoms with Crippen LogP contribution in [0.3, 0.4) is 0 Å². The maximum Gasteiger partial charge on any atom is 0.0991 e. The Morgan fingerprint density at radius 2 is 0.694 bits per heavy atom. The molecule has 0 amide bonds. The number of hydrogen-bond acceptors (Lipinski definition) is 1. The van der Waals surface area contributed by atoms with Crippen molar-refractivity contribution in [2.75, 3.05) is 0 Å². The smallest absolute Gasteiger partial charge is 0.0991 e. The molecule has 0 fully saturated rings. The molecule has 9 rings (SSSR count). The Morgan fingerprint density at radius 1 is 0.347 bits per heavy atom. The third-order valence-electron chi connectivity index (χ3n) is 10.0. The summed E-state index contributed by atoms with van der Waals surface area (Å²) in [6.45, 7) is 2.25. The van der Waals surface area contributed by atoms with E-state index in [2.05, 4.69) is 171 Å². The van der Waals surface area contributed by atoms with Crippen molar-refractivity contribution in [3.05, 3.63) is 181 Å². The maximum absolute atomic E-state index is 9.43. The van der Waals surface area contributed by atoms with Gasteiger partial charge in [0.2, 0.25) is 0 Å². The molecule has 0 unspecified atom stereocenters. The van der Waals surface area contributed by atoms with Crippen LogP contribution in [0.5, 0.6) is 0 Å². The van der Waals surface area contributed by atoms with Gasteiger partial charge < -0.3 is 0 Å². The lowest BCUT2D eigenvalue weighted by atomic mass is 9.83. The van der Waals surface area contributed by atoms with Crippen LogP contribution in [0.4, 0.5) is 0 Å². The van der Waals surface area contributed by atoms with E-state index < -0.39 is 0 Å². The largest absolute Gasteiger partial charge is 0.192 e. The fourth-order valence-corrected chi connectivity index (χ4v) is 7.90. The highest BCUT2D eigenvalue weighted by atomic mass is 14.2. The van der Waals surface area contributed by atoms with E-state index in [4.69, 9.17) is 0 Å². The molecule has 9 aromatic carbocycles. The van der Waals surface area contributed by atoms with Crippen molar-refractivity contribution in [3.63, 3.8) is 0 Å². The SMILES string of the molecule is Cc1cc(-c2c3ccccc3c(-c3ccc(C#N)cc3)c3ccccc23)ccc1-c1c2ccccc2c(-c2ccccc2)c2ccccc12. The van der Waals surface area contributed by atoms with Gasteiger partial charge in [-0.05, 0) is 112 Å². The van der Waals surface area contributed by atoms with Crippen LogP contribution >= 0.6 is 0 Å². The quantitative estimate of drug-likeness (QED) is 0.179. The monoisotopic (exact) mass is 621 g/mol. The molecule has 0 aromatic heterocycles. The molecule has 9 aromatic rings. The van der Waals surface area contributed by atoms with Crippen molar-refractivity contribution in [2.45, 2.75) is 6.92 Å². The number of nitrogens with zero attached hydrogens (tertiary/aromatic N) is 1. The van der Waals surface area contributed by atoms with Crippen molar-refractivity contribution in [1.29, 1.82) is 5.26 Å². The van der Waals surface area contributed by atoms with Crippen LogP contribution in [0, 0.1) is 18.3 Å². The normalized spacial score (nSPS) is 11.3. The van der Waals surface area contributed by atoms with E-state index in [0.29, 0.717) is 5.56 Å². The summed E-state index contributed by atoms with van der Waals surface area (Å²) in [5.41, 5.74) is 11.7. The van der Waals surface area contributed by atoms with E-state index >= 15 is 0 Å². The minimum atomic E-state index is 0.666. The molecule has 0 bridgehead atoms. The number of fused-ring (bicyclic) bond motifs is 4. The first-order valence-electron chi connectivity index (χ1n) is 16.8. The van der Waals surface area contributed by atoms with Gasteiger partial charge in [0, 0.05) is 0 Å². The van der Waals surface area contributed by atoms with Gasteiger partial charge in [0.05, 0.1) is 11.6 Å². The lowest BCUT2D eigenvalue weighted by molar-refractivity contribution is 1.47. The molecule has 0 aliphatic rings. The molecule has 0 saturated carbocycles. The minimum absolute atomic E-state index is 0.666. The Balaban J connectivity index is 1.29. The average molecular weight is 622 g/mol. The van der Waals surface area contributed by atoms with Crippen LogP contribution in [0.25, 0.3) is 87.6 Å². The van der Waals surface area contributed by atoms with Gasteiger partial charge in [0.1, 0.15) is 0 Å². The molecular formula is C48H31N. The number of rotatable bonds is 4. The molecule has 0 N–H and O–H groups in total. The molecule has 0 spiro atoms. The Labute approximate surface area is 286 Å². The highest BCUT2D eigenvalue weighted by Crippen LogP contribution is 2.47. The van der Waals surface area contributed by atoms with Crippen LogP contribution in [0.2, 0.25) is 0 Å². The first-order valence-corrected chi connectivity index (χ1v) is 16.8. The molecule has 0 atom stereocenters. The molecular weight excluding hydrogens is 591 g/mol. The van der Waals surface area contributed by atoms with Gasteiger partial charge >= 0.3 is 0 Å². The second-order valence-corrected chi connectivity index (χ2v) is 12.8. The first-order chi connectivity index (χ1) is 24.2. The molecule has 228 valence electrons.